The molecule has 2 heterocycles. The summed E-state index contributed by atoms with van der Waals surface area (Å²) in [5, 5.41) is 4.79. The lowest BCUT2D eigenvalue weighted by molar-refractivity contribution is 0.669. The maximum absolute atomic E-state index is 6.22. The molecule has 2 nitrogen and oxygen atoms in total. The average Bonchev–Trinajstić information content (AvgIpc) is 3.68. The van der Waals surface area contributed by atoms with Crippen LogP contribution in [0.1, 0.15) is 0 Å². The number of fused-ring (bicyclic) bond motifs is 6. The van der Waals surface area contributed by atoms with Gasteiger partial charge < -0.3 is 9.32 Å². The summed E-state index contributed by atoms with van der Waals surface area (Å²) in [7, 11) is 0. The maximum atomic E-state index is 6.22. The molecule has 0 unspecified atom stereocenters. The summed E-state index contributed by atoms with van der Waals surface area (Å²) in [5.74, 6) is 0. The highest BCUT2D eigenvalue weighted by molar-refractivity contribution is 7.26. The molecule has 0 atom stereocenters. The second-order valence-electron chi connectivity index (χ2n) is 11.4. The number of furan rings is 1. The van der Waals surface area contributed by atoms with Gasteiger partial charge in [-0.2, -0.15) is 0 Å². The van der Waals surface area contributed by atoms with Gasteiger partial charge in [0.2, 0.25) is 0 Å². The van der Waals surface area contributed by atoms with Gasteiger partial charge in [0, 0.05) is 42.3 Å². The van der Waals surface area contributed by atoms with Crippen LogP contribution in [-0.2, 0) is 0 Å². The molecular weight excluding hydrogens is 567 g/mol. The fourth-order valence-electron chi connectivity index (χ4n) is 6.53. The Labute approximate surface area is 265 Å². The fraction of sp³-hybridized carbons (Fsp3) is 0. The summed E-state index contributed by atoms with van der Waals surface area (Å²) in [4.78, 5) is 2.41. The molecule has 45 heavy (non-hydrogen) atoms. The minimum Gasteiger partial charge on any atom is -0.456 e. The summed E-state index contributed by atoms with van der Waals surface area (Å²) in [6.07, 6.45) is 0. The van der Waals surface area contributed by atoms with E-state index in [1.807, 2.05) is 23.5 Å². The van der Waals surface area contributed by atoms with Crippen LogP contribution >= 0.6 is 11.3 Å². The van der Waals surface area contributed by atoms with Crippen molar-refractivity contribution >= 4 is 70.5 Å². The summed E-state index contributed by atoms with van der Waals surface area (Å²) in [6.45, 7) is 0. The molecule has 2 aromatic heterocycles. The van der Waals surface area contributed by atoms with Gasteiger partial charge >= 0.3 is 0 Å². The summed E-state index contributed by atoms with van der Waals surface area (Å²) in [6, 6.07) is 58.5. The van der Waals surface area contributed by atoms with Gasteiger partial charge in [0.25, 0.3) is 0 Å². The van der Waals surface area contributed by atoms with E-state index in [9.17, 15) is 0 Å². The smallest absolute Gasteiger partial charge is 0.135 e. The van der Waals surface area contributed by atoms with Gasteiger partial charge in [-0.3, -0.25) is 0 Å². The number of rotatable bonds is 5. The van der Waals surface area contributed by atoms with E-state index in [1.54, 1.807) is 0 Å². The minimum atomic E-state index is 0.895. The SMILES string of the molecule is c1ccc(-c2ccc(-c3cccc(N(c4ccc5oc6ccccc6c5c4)c4cccc5sc6ccccc6c45)c3)cc2)cc1. The van der Waals surface area contributed by atoms with Gasteiger partial charge in [0.1, 0.15) is 11.2 Å². The van der Waals surface area contributed by atoms with Crippen molar-refractivity contribution < 1.29 is 4.42 Å². The van der Waals surface area contributed by atoms with E-state index in [0.29, 0.717) is 0 Å². The standard InChI is InChI=1S/C42H27NOS/c1-2-10-28(11-3-1)29-20-22-30(23-21-29)31-12-8-13-32(26-31)43(33-24-25-39-36(27-33)34-14-4-6-17-38(34)44-39)37-16-9-19-41-42(37)35-15-5-7-18-40(35)45-41/h1-27H. The molecule has 0 amide bonds. The molecule has 0 radical (unpaired) electrons. The number of hydrogen-bond donors (Lipinski definition) is 0. The second kappa shape index (κ2) is 10.5. The third-order valence-corrected chi connectivity index (χ3v) is 9.81. The van der Waals surface area contributed by atoms with Crippen molar-refractivity contribution in [3.63, 3.8) is 0 Å². The predicted molar refractivity (Wildman–Crippen MR) is 192 cm³/mol. The topological polar surface area (TPSA) is 16.4 Å². The number of hydrogen-bond acceptors (Lipinski definition) is 3. The minimum absolute atomic E-state index is 0.895. The molecule has 7 aromatic carbocycles. The Hall–Kier alpha value is -5.64. The molecule has 0 aliphatic heterocycles. The molecule has 9 aromatic rings. The van der Waals surface area contributed by atoms with Crippen molar-refractivity contribution in [2.45, 2.75) is 0 Å². The molecule has 212 valence electrons. The first kappa shape index (κ1) is 25.8. The highest BCUT2D eigenvalue weighted by Gasteiger charge is 2.20. The highest BCUT2D eigenvalue weighted by Crippen LogP contribution is 2.46. The van der Waals surface area contributed by atoms with Gasteiger partial charge in [0.15, 0.2) is 0 Å². The van der Waals surface area contributed by atoms with Crippen LogP contribution in [-0.4, -0.2) is 0 Å². The van der Waals surface area contributed by atoms with Crippen LogP contribution in [0.2, 0.25) is 0 Å². The van der Waals surface area contributed by atoms with Crippen molar-refractivity contribution in [1.82, 2.24) is 0 Å². The van der Waals surface area contributed by atoms with Gasteiger partial charge in [-0.1, -0.05) is 109 Å². The average molecular weight is 594 g/mol. The molecular formula is C42H27NOS. The van der Waals surface area contributed by atoms with Crippen LogP contribution in [0.25, 0.3) is 64.4 Å². The molecule has 0 saturated carbocycles. The quantitative estimate of drug-likeness (QED) is 0.197. The normalized spacial score (nSPS) is 11.6. The summed E-state index contributed by atoms with van der Waals surface area (Å²) >= 11 is 1.85. The lowest BCUT2D eigenvalue weighted by Gasteiger charge is -2.27. The molecule has 0 spiro atoms. The Morgan fingerprint density at radius 1 is 0.400 bits per heavy atom. The lowest BCUT2D eigenvalue weighted by Crippen LogP contribution is -2.10. The highest BCUT2D eigenvalue weighted by atomic mass is 32.1. The second-order valence-corrected chi connectivity index (χ2v) is 12.4. The number of thiophene rings is 1. The van der Waals surface area contributed by atoms with E-state index in [-0.39, 0.29) is 0 Å². The third kappa shape index (κ3) is 4.40. The van der Waals surface area contributed by atoms with Gasteiger partial charge in [-0.25, -0.2) is 0 Å². The first-order valence-electron chi connectivity index (χ1n) is 15.2. The van der Waals surface area contributed by atoms with E-state index in [2.05, 4.69) is 157 Å². The summed E-state index contributed by atoms with van der Waals surface area (Å²) in [5.41, 5.74) is 9.96. The Bertz CT molecular complexity index is 2490. The fourth-order valence-corrected chi connectivity index (χ4v) is 7.66. The van der Waals surface area contributed by atoms with Crippen LogP contribution in [0.3, 0.4) is 0 Å². The molecule has 0 saturated heterocycles. The van der Waals surface area contributed by atoms with Crippen LogP contribution in [0.4, 0.5) is 17.1 Å². The predicted octanol–water partition coefficient (Wildman–Crippen LogP) is 12.8. The lowest BCUT2D eigenvalue weighted by atomic mass is 9.99. The van der Waals surface area contributed by atoms with Crippen LogP contribution < -0.4 is 4.90 Å². The van der Waals surface area contributed by atoms with Crippen molar-refractivity contribution in [1.29, 1.82) is 0 Å². The molecule has 0 fully saturated rings. The van der Waals surface area contributed by atoms with Crippen molar-refractivity contribution in [2.75, 3.05) is 4.90 Å². The van der Waals surface area contributed by atoms with Gasteiger partial charge in [0.05, 0.1) is 5.69 Å². The van der Waals surface area contributed by atoms with Crippen molar-refractivity contribution in [2.24, 2.45) is 0 Å². The number of para-hydroxylation sites is 1. The van der Waals surface area contributed by atoms with Crippen LogP contribution in [0, 0.1) is 0 Å². The van der Waals surface area contributed by atoms with Gasteiger partial charge in [-0.05, 0) is 76.9 Å². The Kier molecular flexibility index (Phi) is 6.03. The molecule has 0 aliphatic carbocycles. The Morgan fingerprint density at radius 2 is 1.02 bits per heavy atom. The number of benzene rings is 7. The molecule has 9 rings (SSSR count). The van der Waals surface area contributed by atoms with Crippen LogP contribution in [0.15, 0.2) is 168 Å². The van der Waals surface area contributed by atoms with Crippen LogP contribution in [0.5, 0.6) is 0 Å². The largest absolute Gasteiger partial charge is 0.456 e. The van der Waals surface area contributed by atoms with E-state index in [0.717, 1.165) is 39.0 Å². The molecule has 0 N–H and O–H groups in total. The molecule has 0 aliphatic rings. The zero-order valence-electron chi connectivity index (χ0n) is 24.4. The first-order chi connectivity index (χ1) is 22.3. The Balaban J connectivity index is 1.24. The van der Waals surface area contributed by atoms with E-state index >= 15 is 0 Å². The zero-order chi connectivity index (χ0) is 29.7. The molecule has 0 bridgehead atoms. The van der Waals surface area contributed by atoms with E-state index in [1.165, 1.54) is 42.4 Å². The van der Waals surface area contributed by atoms with E-state index in [4.69, 9.17) is 4.42 Å². The molecule has 3 heteroatoms. The Morgan fingerprint density at radius 3 is 1.89 bits per heavy atom. The van der Waals surface area contributed by atoms with Gasteiger partial charge in [-0.15, -0.1) is 11.3 Å². The first-order valence-corrected chi connectivity index (χ1v) is 16.0. The van der Waals surface area contributed by atoms with E-state index < -0.39 is 0 Å². The zero-order valence-corrected chi connectivity index (χ0v) is 25.2. The number of anilines is 3. The monoisotopic (exact) mass is 593 g/mol. The van der Waals surface area contributed by atoms with Crippen molar-refractivity contribution in [3.05, 3.63) is 164 Å². The third-order valence-electron chi connectivity index (χ3n) is 8.67. The number of nitrogens with zero attached hydrogens (tertiary/aromatic N) is 1. The van der Waals surface area contributed by atoms with Crippen molar-refractivity contribution in [3.8, 4) is 22.3 Å². The maximum Gasteiger partial charge on any atom is 0.135 e. The summed E-state index contributed by atoms with van der Waals surface area (Å²) < 4.78 is 8.79.